The van der Waals surface area contributed by atoms with Gasteiger partial charge in [0.25, 0.3) is 0 Å². The van der Waals surface area contributed by atoms with Crippen LogP contribution in [0.2, 0.25) is 0 Å². The van der Waals surface area contributed by atoms with Crippen LogP contribution in [0, 0.1) is 17.1 Å². The van der Waals surface area contributed by atoms with Gasteiger partial charge in [-0.1, -0.05) is 12.1 Å². The Hall–Kier alpha value is -3.30. The molecule has 4 nitrogen and oxygen atoms in total. The third-order valence-corrected chi connectivity index (χ3v) is 4.40. The highest BCUT2D eigenvalue weighted by molar-refractivity contribution is 7.13. The van der Waals surface area contributed by atoms with Crippen LogP contribution in [0.25, 0.3) is 16.6 Å². The van der Waals surface area contributed by atoms with Gasteiger partial charge in [0.15, 0.2) is 0 Å². The first kappa shape index (κ1) is 17.5. The largest absolute Gasteiger partial charge is 0.456 e. The second kappa shape index (κ2) is 8.19. The van der Waals surface area contributed by atoms with Crippen molar-refractivity contribution in [1.82, 2.24) is 4.98 Å². The maximum Gasteiger partial charge on any atom is 0.331 e. The van der Waals surface area contributed by atoms with Gasteiger partial charge in [-0.2, -0.15) is 5.26 Å². The molecule has 0 aliphatic carbocycles. The van der Waals surface area contributed by atoms with Gasteiger partial charge < -0.3 is 4.74 Å². The highest BCUT2D eigenvalue weighted by Crippen LogP contribution is 2.24. The fourth-order valence-corrected chi connectivity index (χ4v) is 2.94. The first-order valence-electron chi connectivity index (χ1n) is 7.69. The summed E-state index contributed by atoms with van der Waals surface area (Å²) in [7, 11) is 0. The fourth-order valence-electron chi connectivity index (χ4n) is 2.12. The molecule has 6 heteroatoms. The molecular weight excluding hydrogens is 351 g/mol. The molecule has 0 aliphatic rings. The normalized spacial score (nSPS) is 10.6. The van der Waals surface area contributed by atoms with Crippen LogP contribution < -0.4 is 0 Å². The van der Waals surface area contributed by atoms with Crippen LogP contribution in [0.3, 0.4) is 0 Å². The number of aromatic nitrogens is 1. The van der Waals surface area contributed by atoms with E-state index in [0.717, 1.165) is 16.1 Å². The van der Waals surface area contributed by atoms with E-state index in [1.807, 2.05) is 6.07 Å². The van der Waals surface area contributed by atoms with Gasteiger partial charge in [0, 0.05) is 17.0 Å². The van der Waals surface area contributed by atoms with Gasteiger partial charge in [-0.25, -0.2) is 14.2 Å². The molecule has 0 unspecified atom stereocenters. The monoisotopic (exact) mass is 364 g/mol. The van der Waals surface area contributed by atoms with E-state index >= 15 is 0 Å². The summed E-state index contributed by atoms with van der Waals surface area (Å²) in [6.07, 6.45) is 2.95. The van der Waals surface area contributed by atoms with Gasteiger partial charge in [0.05, 0.1) is 17.3 Å². The van der Waals surface area contributed by atoms with E-state index in [2.05, 4.69) is 4.98 Å². The van der Waals surface area contributed by atoms with Crippen molar-refractivity contribution in [2.75, 3.05) is 0 Å². The number of hydrogen-bond donors (Lipinski definition) is 0. The molecule has 0 aliphatic heterocycles. The Morgan fingerprint density at radius 3 is 2.62 bits per heavy atom. The predicted molar refractivity (Wildman–Crippen MR) is 97.5 cm³/mol. The Balaban J connectivity index is 1.55. The van der Waals surface area contributed by atoms with Gasteiger partial charge in [0.2, 0.25) is 0 Å². The number of thiazole rings is 1. The van der Waals surface area contributed by atoms with E-state index < -0.39 is 5.97 Å². The second-order valence-electron chi connectivity index (χ2n) is 5.33. The summed E-state index contributed by atoms with van der Waals surface area (Å²) >= 11 is 1.40. The number of carbonyl (C=O) groups is 1. The van der Waals surface area contributed by atoms with Crippen LogP contribution in [-0.4, -0.2) is 11.0 Å². The molecule has 0 fully saturated rings. The third kappa shape index (κ3) is 4.62. The van der Waals surface area contributed by atoms with E-state index in [0.29, 0.717) is 11.3 Å². The van der Waals surface area contributed by atoms with Crippen molar-refractivity contribution in [1.29, 1.82) is 5.26 Å². The summed E-state index contributed by atoms with van der Waals surface area (Å²) < 4.78 is 18.1. The van der Waals surface area contributed by atoms with Crippen molar-refractivity contribution >= 4 is 23.4 Å². The van der Waals surface area contributed by atoms with Crippen molar-refractivity contribution in [3.63, 3.8) is 0 Å². The zero-order chi connectivity index (χ0) is 18.4. The van der Waals surface area contributed by atoms with Crippen LogP contribution in [0.15, 0.2) is 60.0 Å². The second-order valence-corrected chi connectivity index (χ2v) is 6.18. The minimum Gasteiger partial charge on any atom is -0.456 e. The van der Waals surface area contributed by atoms with Crippen molar-refractivity contribution in [2.24, 2.45) is 0 Å². The molecule has 26 heavy (non-hydrogen) atoms. The highest BCUT2D eigenvalue weighted by Gasteiger charge is 2.07. The Labute approximate surface area is 153 Å². The average molecular weight is 364 g/mol. The van der Waals surface area contributed by atoms with Crippen LogP contribution in [0.1, 0.15) is 16.8 Å². The molecule has 0 bridgehead atoms. The maximum absolute atomic E-state index is 13.0. The molecule has 0 saturated heterocycles. The first-order chi connectivity index (χ1) is 12.6. The van der Waals surface area contributed by atoms with Gasteiger partial charge in [-0.05, 0) is 48.0 Å². The SMILES string of the molecule is N#Cc1ccc(/C=C/C(=O)OCc2csc(-c3ccc(F)cc3)n2)cc1. The van der Waals surface area contributed by atoms with E-state index in [4.69, 9.17) is 10.00 Å². The lowest BCUT2D eigenvalue weighted by Crippen LogP contribution is -2.00. The Kier molecular flexibility index (Phi) is 5.52. The standard InChI is InChI=1S/C20H13FN2O2S/c21-17-8-6-16(7-9-17)20-23-18(13-26-20)12-25-19(24)10-5-14-1-3-15(11-22)4-2-14/h1-10,13H,12H2/b10-5+. The number of nitriles is 1. The summed E-state index contributed by atoms with van der Waals surface area (Å²) in [4.78, 5) is 16.2. The van der Waals surface area contributed by atoms with E-state index in [1.165, 1.54) is 29.5 Å². The number of halogens is 1. The molecule has 1 aromatic heterocycles. The quantitative estimate of drug-likeness (QED) is 0.491. The van der Waals surface area contributed by atoms with Gasteiger partial charge in [-0.15, -0.1) is 11.3 Å². The van der Waals surface area contributed by atoms with Crippen molar-refractivity contribution in [3.05, 3.63) is 82.6 Å². The number of esters is 1. The summed E-state index contributed by atoms with van der Waals surface area (Å²) in [6.45, 7) is 0.0637. The Bertz CT molecular complexity index is 970. The van der Waals surface area contributed by atoms with Crippen LogP contribution in [-0.2, 0) is 16.1 Å². The van der Waals surface area contributed by atoms with Crippen LogP contribution >= 0.6 is 11.3 Å². The number of rotatable bonds is 5. The predicted octanol–water partition coefficient (Wildman–Crippen LogP) is 4.58. The molecule has 0 spiro atoms. The first-order valence-corrected chi connectivity index (χ1v) is 8.57. The van der Waals surface area contributed by atoms with Crippen molar-refractivity contribution in [3.8, 4) is 16.6 Å². The maximum atomic E-state index is 13.0. The van der Waals surface area contributed by atoms with Crippen molar-refractivity contribution < 1.29 is 13.9 Å². The number of nitrogens with zero attached hydrogens (tertiary/aromatic N) is 2. The molecule has 0 amide bonds. The lowest BCUT2D eigenvalue weighted by Gasteiger charge is -1.99. The minimum atomic E-state index is -0.481. The number of ether oxygens (including phenoxy) is 1. The molecule has 0 N–H and O–H groups in total. The summed E-state index contributed by atoms with van der Waals surface area (Å²) in [5.74, 6) is -0.779. The zero-order valence-corrected chi connectivity index (χ0v) is 14.4. The minimum absolute atomic E-state index is 0.0637. The average Bonchev–Trinajstić information content (AvgIpc) is 3.14. The highest BCUT2D eigenvalue weighted by atomic mass is 32.1. The van der Waals surface area contributed by atoms with Crippen molar-refractivity contribution in [2.45, 2.75) is 6.61 Å². The topological polar surface area (TPSA) is 63.0 Å². The molecule has 128 valence electrons. The molecule has 3 rings (SSSR count). The zero-order valence-electron chi connectivity index (χ0n) is 13.6. The Morgan fingerprint density at radius 2 is 1.92 bits per heavy atom. The van der Waals surface area contributed by atoms with Crippen LogP contribution in [0.4, 0.5) is 4.39 Å². The molecule has 2 aromatic carbocycles. The molecule has 1 heterocycles. The molecule has 0 atom stereocenters. The van der Waals surface area contributed by atoms with Crippen LogP contribution in [0.5, 0.6) is 0 Å². The Morgan fingerprint density at radius 1 is 1.19 bits per heavy atom. The van der Waals surface area contributed by atoms with Gasteiger partial charge >= 0.3 is 5.97 Å². The van der Waals surface area contributed by atoms with Gasteiger partial charge in [0.1, 0.15) is 17.4 Å². The summed E-state index contributed by atoms with van der Waals surface area (Å²) in [5.41, 5.74) is 2.81. The summed E-state index contributed by atoms with van der Waals surface area (Å²) in [6, 6.07) is 15.0. The third-order valence-electron chi connectivity index (χ3n) is 3.46. The van der Waals surface area contributed by atoms with E-state index in [9.17, 15) is 9.18 Å². The number of hydrogen-bond acceptors (Lipinski definition) is 5. The molecule has 0 radical (unpaired) electrons. The molecule has 0 saturated carbocycles. The fraction of sp³-hybridized carbons (Fsp3) is 0.0500. The smallest absolute Gasteiger partial charge is 0.331 e. The molecule has 3 aromatic rings. The number of benzene rings is 2. The lowest BCUT2D eigenvalue weighted by molar-refractivity contribution is -0.139. The molecular formula is C20H13FN2O2S. The van der Waals surface area contributed by atoms with Gasteiger partial charge in [-0.3, -0.25) is 0 Å². The number of carbonyl (C=O) groups excluding carboxylic acids is 1. The van der Waals surface area contributed by atoms with E-state index in [-0.39, 0.29) is 12.4 Å². The van der Waals surface area contributed by atoms with E-state index in [1.54, 1.807) is 47.9 Å². The lowest BCUT2D eigenvalue weighted by atomic mass is 10.1. The summed E-state index contributed by atoms with van der Waals surface area (Å²) in [5, 5.41) is 11.3.